The van der Waals surface area contributed by atoms with Crippen LogP contribution in [0.4, 0.5) is 5.69 Å². The lowest BCUT2D eigenvalue weighted by Gasteiger charge is -2.36. The van der Waals surface area contributed by atoms with Gasteiger partial charge in [-0.05, 0) is 25.0 Å². The Morgan fingerprint density at radius 2 is 1.40 bits per heavy atom. The smallest absolute Gasteiger partial charge is 0.282 e. The quantitative estimate of drug-likeness (QED) is 0.817. The minimum Gasteiger partial charge on any atom is -0.369 e. The van der Waals surface area contributed by atoms with Crippen LogP contribution in [-0.2, 0) is 10.2 Å². The van der Waals surface area contributed by atoms with Crippen LogP contribution >= 0.6 is 0 Å². The van der Waals surface area contributed by atoms with E-state index in [4.69, 9.17) is 0 Å². The van der Waals surface area contributed by atoms with Gasteiger partial charge in [0.25, 0.3) is 10.2 Å². The SMILES string of the molecule is O=S(=O)(N1CCCC1)N1CCN(c2ccncc2)CC1. The van der Waals surface area contributed by atoms with Crippen molar-refractivity contribution in [2.24, 2.45) is 0 Å². The number of rotatable bonds is 3. The molecule has 2 aliphatic heterocycles. The maximum absolute atomic E-state index is 12.5. The molecular weight excluding hydrogens is 276 g/mol. The number of hydrogen-bond acceptors (Lipinski definition) is 4. The van der Waals surface area contributed by atoms with Crippen molar-refractivity contribution in [1.82, 2.24) is 13.6 Å². The van der Waals surface area contributed by atoms with Gasteiger partial charge in [-0.1, -0.05) is 0 Å². The molecule has 0 N–H and O–H groups in total. The number of aromatic nitrogens is 1. The molecule has 2 saturated heterocycles. The predicted molar refractivity (Wildman–Crippen MR) is 77.7 cm³/mol. The van der Waals surface area contributed by atoms with Crippen molar-refractivity contribution in [3.63, 3.8) is 0 Å². The molecule has 3 heterocycles. The first-order valence-corrected chi connectivity index (χ1v) is 8.48. The summed E-state index contributed by atoms with van der Waals surface area (Å²) >= 11 is 0. The lowest BCUT2D eigenvalue weighted by Crippen LogP contribution is -2.52. The molecule has 20 heavy (non-hydrogen) atoms. The van der Waals surface area contributed by atoms with Crippen LogP contribution < -0.4 is 4.90 Å². The van der Waals surface area contributed by atoms with Crippen molar-refractivity contribution in [1.29, 1.82) is 0 Å². The third kappa shape index (κ3) is 2.65. The first kappa shape index (κ1) is 13.8. The van der Waals surface area contributed by atoms with E-state index in [-0.39, 0.29) is 0 Å². The van der Waals surface area contributed by atoms with Crippen molar-refractivity contribution in [2.75, 3.05) is 44.2 Å². The van der Waals surface area contributed by atoms with Crippen molar-refractivity contribution in [3.05, 3.63) is 24.5 Å². The molecule has 0 aliphatic carbocycles. The van der Waals surface area contributed by atoms with Crippen LogP contribution in [-0.4, -0.2) is 61.3 Å². The van der Waals surface area contributed by atoms with Gasteiger partial charge in [0, 0.05) is 57.3 Å². The summed E-state index contributed by atoms with van der Waals surface area (Å²) in [7, 11) is -3.24. The van der Waals surface area contributed by atoms with E-state index in [2.05, 4.69) is 9.88 Å². The van der Waals surface area contributed by atoms with Crippen LogP contribution in [0.3, 0.4) is 0 Å². The molecule has 2 fully saturated rings. The van der Waals surface area contributed by atoms with Crippen LogP contribution in [0.25, 0.3) is 0 Å². The summed E-state index contributed by atoms with van der Waals surface area (Å²) in [6.45, 7) is 3.93. The first-order valence-electron chi connectivity index (χ1n) is 7.08. The van der Waals surface area contributed by atoms with E-state index in [0.717, 1.165) is 31.6 Å². The van der Waals surface area contributed by atoms with Crippen LogP contribution in [0.5, 0.6) is 0 Å². The van der Waals surface area contributed by atoms with Crippen LogP contribution in [0.1, 0.15) is 12.8 Å². The number of piperazine rings is 1. The third-order valence-electron chi connectivity index (χ3n) is 3.98. The highest BCUT2D eigenvalue weighted by Gasteiger charge is 2.33. The van der Waals surface area contributed by atoms with Gasteiger partial charge in [-0.25, -0.2) is 0 Å². The molecule has 110 valence electrons. The molecule has 2 aliphatic rings. The van der Waals surface area contributed by atoms with Gasteiger partial charge in [0.2, 0.25) is 0 Å². The van der Waals surface area contributed by atoms with E-state index in [1.54, 1.807) is 21.0 Å². The molecule has 0 aromatic carbocycles. The van der Waals surface area contributed by atoms with E-state index >= 15 is 0 Å². The van der Waals surface area contributed by atoms with E-state index in [9.17, 15) is 8.42 Å². The molecule has 0 unspecified atom stereocenters. The van der Waals surface area contributed by atoms with Gasteiger partial charge in [0.05, 0.1) is 0 Å². The van der Waals surface area contributed by atoms with Gasteiger partial charge in [-0.2, -0.15) is 17.0 Å². The maximum atomic E-state index is 12.5. The Morgan fingerprint density at radius 3 is 2.00 bits per heavy atom. The number of pyridine rings is 1. The molecule has 0 bridgehead atoms. The first-order chi connectivity index (χ1) is 9.68. The molecule has 0 amide bonds. The van der Waals surface area contributed by atoms with Crippen molar-refractivity contribution in [2.45, 2.75) is 12.8 Å². The summed E-state index contributed by atoms with van der Waals surface area (Å²) in [5.41, 5.74) is 1.11. The van der Waals surface area contributed by atoms with Gasteiger partial charge in [-0.3, -0.25) is 4.98 Å². The van der Waals surface area contributed by atoms with E-state index in [1.165, 1.54) is 0 Å². The van der Waals surface area contributed by atoms with Gasteiger partial charge in [0.15, 0.2) is 0 Å². The normalized spacial score (nSPS) is 22.3. The molecule has 7 heteroatoms. The Morgan fingerprint density at radius 1 is 0.850 bits per heavy atom. The summed E-state index contributed by atoms with van der Waals surface area (Å²) in [5, 5.41) is 0. The Hall–Kier alpha value is -1.18. The van der Waals surface area contributed by atoms with Gasteiger partial charge in [0.1, 0.15) is 0 Å². The summed E-state index contributed by atoms with van der Waals surface area (Å²) in [6, 6.07) is 3.93. The van der Waals surface area contributed by atoms with E-state index < -0.39 is 10.2 Å². The lowest BCUT2D eigenvalue weighted by atomic mass is 10.3. The van der Waals surface area contributed by atoms with E-state index in [1.807, 2.05) is 12.1 Å². The highest BCUT2D eigenvalue weighted by atomic mass is 32.2. The van der Waals surface area contributed by atoms with Crippen molar-refractivity contribution < 1.29 is 8.42 Å². The van der Waals surface area contributed by atoms with Gasteiger partial charge >= 0.3 is 0 Å². The second kappa shape index (κ2) is 5.67. The topological polar surface area (TPSA) is 56.8 Å². The average molecular weight is 296 g/mol. The second-order valence-corrected chi connectivity index (χ2v) is 7.13. The van der Waals surface area contributed by atoms with E-state index in [0.29, 0.717) is 26.2 Å². The Bertz CT molecular complexity index is 535. The summed E-state index contributed by atoms with van der Waals surface area (Å²) in [6.07, 6.45) is 5.50. The molecule has 6 nitrogen and oxygen atoms in total. The fourth-order valence-electron chi connectivity index (χ4n) is 2.81. The number of anilines is 1. The third-order valence-corrected chi connectivity index (χ3v) is 6.02. The Kier molecular flexibility index (Phi) is 3.91. The fourth-order valence-corrected chi connectivity index (χ4v) is 4.48. The zero-order valence-electron chi connectivity index (χ0n) is 11.5. The number of nitrogens with zero attached hydrogens (tertiary/aromatic N) is 4. The minimum atomic E-state index is -3.24. The highest BCUT2D eigenvalue weighted by Crippen LogP contribution is 2.20. The van der Waals surface area contributed by atoms with Crippen LogP contribution in [0.2, 0.25) is 0 Å². The lowest BCUT2D eigenvalue weighted by molar-refractivity contribution is 0.343. The van der Waals surface area contributed by atoms with Gasteiger partial charge in [-0.15, -0.1) is 0 Å². The molecule has 0 spiro atoms. The summed E-state index contributed by atoms with van der Waals surface area (Å²) in [4.78, 5) is 6.21. The van der Waals surface area contributed by atoms with Crippen LogP contribution in [0, 0.1) is 0 Å². The van der Waals surface area contributed by atoms with Crippen LogP contribution in [0.15, 0.2) is 24.5 Å². The zero-order valence-corrected chi connectivity index (χ0v) is 12.3. The summed E-state index contributed by atoms with van der Waals surface area (Å²) < 4.78 is 28.1. The average Bonchev–Trinajstić information content (AvgIpc) is 3.03. The monoisotopic (exact) mass is 296 g/mol. The van der Waals surface area contributed by atoms with Gasteiger partial charge < -0.3 is 4.90 Å². The van der Waals surface area contributed by atoms with Crippen molar-refractivity contribution in [3.8, 4) is 0 Å². The Balaban J connectivity index is 1.64. The van der Waals surface area contributed by atoms with Crippen molar-refractivity contribution >= 4 is 15.9 Å². The second-order valence-electron chi connectivity index (χ2n) is 5.21. The fraction of sp³-hybridized carbons (Fsp3) is 0.615. The zero-order chi connectivity index (χ0) is 14.0. The molecule has 0 saturated carbocycles. The molecular formula is C13H20N4O2S. The highest BCUT2D eigenvalue weighted by molar-refractivity contribution is 7.86. The maximum Gasteiger partial charge on any atom is 0.282 e. The molecule has 1 aromatic rings. The largest absolute Gasteiger partial charge is 0.369 e. The molecule has 3 rings (SSSR count). The molecule has 0 atom stereocenters. The predicted octanol–water partition coefficient (Wildman–Crippen LogP) is 0.544. The standard InChI is InChI=1S/C13H20N4O2S/c18-20(19,16-7-1-2-8-16)17-11-9-15(10-12-17)13-3-5-14-6-4-13/h3-6H,1-2,7-12H2. The number of hydrogen-bond donors (Lipinski definition) is 0. The molecule has 1 aromatic heterocycles. The minimum absolute atomic E-state index is 0.557. The molecule has 0 radical (unpaired) electrons. The Labute approximate surface area is 120 Å². The summed E-state index contributed by atoms with van der Waals surface area (Å²) in [5.74, 6) is 0.